The third-order valence-corrected chi connectivity index (χ3v) is 4.56. The summed E-state index contributed by atoms with van der Waals surface area (Å²) in [6.45, 7) is 4.70. The quantitative estimate of drug-likeness (QED) is 0.805. The highest BCUT2D eigenvalue weighted by Crippen LogP contribution is 2.37. The Morgan fingerprint density at radius 3 is 3.00 bits per heavy atom. The molecular weight excluding hydrogens is 272 g/mol. The number of carbonyl (C=O) groups is 1. The lowest BCUT2D eigenvalue weighted by atomic mass is 10.2. The highest BCUT2D eigenvalue weighted by atomic mass is 32.2. The van der Waals surface area contributed by atoms with Gasteiger partial charge in [-0.2, -0.15) is 0 Å². The fraction of sp³-hybridized carbons (Fsp3) is 0.333. The first-order valence-electron chi connectivity index (χ1n) is 6.66. The van der Waals surface area contributed by atoms with E-state index in [-0.39, 0.29) is 5.91 Å². The Hall–Kier alpha value is -1.75. The second kappa shape index (κ2) is 5.32. The van der Waals surface area contributed by atoms with E-state index in [1.165, 1.54) is 0 Å². The van der Waals surface area contributed by atoms with E-state index in [2.05, 4.69) is 18.1 Å². The van der Waals surface area contributed by atoms with Crippen molar-refractivity contribution in [2.24, 2.45) is 0 Å². The molecule has 0 saturated heterocycles. The predicted octanol–water partition coefficient (Wildman–Crippen LogP) is 3.51. The number of anilines is 1. The number of aryl methyl sites for hydroxylation is 1. The van der Waals surface area contributed by atoms with Gasteiger partial charge < -0.3 is 9.42 Å². The maximum atomic E-state index is 12.6. The largest absolute Gasteiger partial charge is 0.351 e. The zero-order valence-corrected chi connectivity index (χ0v) is 12.3. The third-order valence-electron chi connectivity index (χ3n) is 3.33. The molecule has 0 bridgehead atoms. The van der Waals surface area contributed by atoms with Gasteiger partial charge in [0, 0.05) is 22.8 Å². The van der Waals surface area contributed by atoms with Crippen LogP contribution in [0.2, 0.25) is 0 Å². The monoisotopic (exact) mass is 288 g/mol. The van der Waals surface area contributed by atoms with Gasteiger partial charge in [0.15, 0.2) is 0 Å². The highest BCUT2D eigenvalue weighted by Gasteiger charge is 2.27. The molecular formula is C15H16N2O2S. The number of rotatable bonds is 1. The maximum absolute atomic E-state index is 12.6. The lowest BCUT2D eigenvalue weighted by molar-refractivity contribution is 0.0950. The van der Waals surface area contributed by atoms with Crippen LogP contribution in [-0.4, -0.2) is 22.9 Å². The second-order valence-corrected chi connectivity index (χ2v) is 6.45. The van der Waals surface area contributed by atoms with Crippen molar-refractivity contribution in [2.75, 3.05) is 11.4 Å². The van der Waals surface area contributed by atoms with Crippen molar-refractivity contribution in [1.82, 2.24) is 5.16 Å². The summed E-state index contributed by atoms with van der Waals surface area (Å²) in [6, 6.07) is 9.70. The Labute approximate surface area is 122 Å². The molecule has 0 fully saturated rings. The molecule has 0 spiro atoms. The second-order valence-electron chi connectivity index (χ2n) is 4.97. The molecule has 3 rings (SSSR count). The number of para-hydroxylation sites is 1. The van der Waals surface area contributed by atoms with Gasteiger partial charge in [-0.05, 0) is 25.5 Å². The summed E-state index contributed by atoms with van der Waals surface area (Å²) in [4.78, 5) is 15.6. The average molecular weight is 288 g/mol. The number of aromatic nitrogens is 1. The van der Waals surface area contributed by atoms with Crippen LogP contribution in [-0.2, 0) is 0 Å². The van der Waals surface area contributed by atoms with Gasteiger partial charge in [0.25, 0.3) is 5.91 Å². The zero-order chi connectivity index (χ0) is 14.1. The van der Waals surface area contributed by atoms with Crippen molar-refractivity contribution in [1.29, 1.82) is 0 Å². The number of thioether (sulfide) groups is 1. The minimum Gasteiger partial charge on any atom is -0.351 e. The topological polar surface area (TPSA) is 46.3 Å². The fourth-order valence-corrected chi connectivity index (χ4v) is 3.41. The minimum absolute atomic E-state index is 0.118. The summed E-state index contributed by atoms with van der Waals surface area (Å²) in [5.74, 6) is 0.185. The first-order chi connectivity index (χ1) is 9.65. The number of carbonyl (C=O) groups excluding carboxylic acids is 1. The van der Waals surface area contributed by atoms with Crippen LogP contribution in [0, 0.1) is 6.92 Å². The molecule has 1 amide bonds. The summed E-state index contributed by atoms with van der Waals surface area (Å²) >= 11 is 1.81. The number of hydrogen-bond donors (Lipinski definition) is 0. The van der Waals surface area contributed by atoms with Crippen LogP contribution in [0.15, 0.2) is 39.8 Å². The molecule has 1 atom stereocenters. The van der Waals surface area contributed by atoms with Crippen LogP contribution in [0.4, 0.5) is 5.69 Å². The van der Waals surface area contributed by atoms with Gasteiger partial charge in [0.1, 0.15) is 0 Å². The Morgan fingerprint density at radius 1 is 1.45 bits per heavy atom. The van der Waals surface area contributed by atoms with Crippen LogP contribution >= 0.6 is 11.8 Å². The molecule has 1 aromatic heterocycles. The Kier molecular flexibility index (Phi) is 3.53. The molecule has 20 heavy (non-hydrogen) atoms. The predicted molar refractivity (Wildman–Crippen MR) is 79.3 cm³/mol. The third kappa shape index (κ3) is 2.45. The molecule has 1 unspecified atom stereocenters. The Morgan fingerprint density at radius 2 is 2.25 bits per heavy atom. The molecule has 0 saturated carbocycles. The van der Waals surface area contributed by atoms with Gasteiger partial charge in [0.2, 0.25) is 5.76 Å². The van der Waals surface area contributed by atoms with Crippen molar-refractivity contribution < 1.29 is 9.32 Å². The molecule has 1 aliphatic rings. The zero-order valence-electron chi connectivity index (χ0n) is 11.5. The molecule has 2 heterocycles. The standard InChI is InChI=1S/C15H16N2O2S/c1-10-9-13(19-16-10)15(18)17-8-7-11(2)20-14-6-4-3-5-12(14)17/h3-6,9,11H,7-8H2,1-2H3. The molecule has 2 aromatic rings. The normalized spacial score (nSPS) is 18.5. The minimum atomic E-state index is -0.118. The van der Waals surface area contributed by atoms with Crippen LogP contribution in [0.5, 0.6) is 0 Å². The lowest BCUT2D eigenvalue weighted by Crippen LogP contribution is -2.32. The van der Waals surface area contributed by atoms with Crippen LogP contribution in [0.1, 0.15) is 29.6 Å². The van der Waals surface area contributed by atoms with E-state index >= 15 is 0 Å². The van der Waals surface area contributed by atoms with Crippen molar-refractivity contribution in [2.45, 2.75) is 30.4 Å². The van der Waals surface area contributed by atoms with Crippen molar-refractivity contribution in [3.63, 3.8) is 0 Å². The number of amides is 1. The van der Waals surface area contributed by atoms with Crippen LogP contribution in [0.3, 0.4) is 0 Å². The summed E-state index contributed by atoms with van der Waals surface area (Å²) < 4.78 is 5.11. The number of nitrogens with zero attached hydrogens (tertiary/aromatic N) is 2. The van der Waals surface area contributed by atoms with Crippen LogP contribution in [0.25, 0.3) is 0 Å². The molecule has 0 N–H and O–H groups in total. The summed E-state index contributed by atoms with van der Waals surface area (Å²) in [6.07, 6.45) is 0.957. The highest BCUT2D eigenvalue weighted by molar-refractivity contribution is 8.00. The SMILES string of the molecule is Cc1cc(C(=O)N2CCC(C)Sc3ccccc32)on1. The summed E-state index contributed by atoms with van der Waals surface area (Å²) in [7, 11) is 0. The number of fused-ring (bicyclic) bond motifs is 1. The van der Waals surface area contributed by atoms with Crippen LogP contribution < -0.4 is 4.90 Å². The average Bonchev–Trinajstić information content (AvgIpc) is 2.79. The molecule has 104 valence electrons. The molecule has 1 aromatic carbocycles. The maximum Gasteiger partial charge on any atom is 0.296 e. The number of hydrogen-bond acceptors (Lipinski definition) is 4. The van der Waals surface area contributed by atoms with Crippen molar-refractivity contribution in [3.05, 3.63) is 41.8 Å². The first kappa shape index (κ1) is 13.2. The van der Waals surface area contributed by atoms with Gasteiger partial charge in [-0.3, -0.25) is 4.79 Å². The van der Waals surface area contributed by atoms with Gasteiger partial charge in [0.05, 0.1) is 11.4 Å². The molecule has 0 radical (unpaired) electrons. The molecule has 0 aliphatic carbocycles. The fourth-order valence-electron chi connectivity index (χ4n) is 2.30. The Balaban J connectivity index is 1.99. The van der Waals surface area contributed by atoms with Crippen molar-refractivity contribution >= 4 is 23.4 Å². The van der Waals surface area contributed by atoms with E-state index in [0.717, 1.165) is 22.7 Å². The van der Waals surface area contributed by atoms with Gasteiger partial charge in [-0.25, -0.2) is 0 Å². The first-order valence-corrected chi connectivity index (χ1v) is 7.54. The van der Waals surface area contributed by atoms with E-state index in [1.54, 1.807) is 11.0 Å². The van der Waals surface area contributed by atoms with E-state index in [0.29, 0.717) is 17.6 Å². The summed E-state index contributed by atoms with van der Waals surface area (Å²) in [5.41, 5.74) is 1.68. The van der Waals surface area contributed by atoms with E-state index in [9.17, 15) is 4.79 Å². The van der Waals surface area contributed by atoms with Gasteiger partial charge in [-0.15, -0.1) is 11.8 Å². The molecule has 4 nitrogen and oxygen atoms in total. The van der Waals surface area contributed by atoms with Gasteiger partial charge in [-0.1, -0.05) is 24.2 Å². The van der Waals surface area contributed by atoms with Gasteiger partial charge >= 0.3 is 0 Å². The van der Waals surface area contributed by atoms with E-state index in [1.807, 2.05) is 36.9 Å². The van der Waals surface area contributed by atoms with E-state index in [4.69, 9.17) is 4.52 Å². The summed E-state index contributed by atoms with van der Waals surface area (Å²) in [5, 5.41) is 4.29. The van der Waals surface area contributed by atoms with Crippen molar-refractivity contribution in [3.8, 4) is 0 Å². The molecule has 1 aliphatic heterocycles. The molecule has 5 heteroatoms. The van der Waals surface area contributed by atoms with E-state index < -0.39 is 0 Å². The lowest BCUT2D eigenvalue weighted by Gasteiger charge is -2.20. The number of benzene rings is 1. The Bertz CT molecular complexity index is 638. The smallest absolute Gasteiger partial charge is 0.296 e.